The summed E-state index contributed by atoms with van der Waals surface area (Å²) in [6.45, 7) is 7.61. The van der Waals surface area contributed by atoms with E-state index in [0.717, 1.165) is 27.3 Å². The zero-order valence-electron chi connectivity index (χ0n) is 23.8. The van der Waals surface area contributed by atoms with Crippen LogP contribution >= 0.6 is 0 Å². The molecule has 0 saturated heterocycles. The van der Waals surface area contributed by atoms with Crippen LogP contribution in [-0.2, 0) is 32.8 Å². The van der Waals surface area contributed by atoms with E-state index in [2.05, 4.69) is 5.32 Å². The topological polar surface area (TPSA) is 96.0 Å². The fourth-order valence-electron chi connectivity index (χ4n) is 4.37. The first-order valence-electron chi connectivity index (χ1n) is 13.4. The molecule has 3 aromatic carbocycles. The van der Waals surface area contributed by atoms with Gasteiger partial charge in [0, 0.05) is 12.6 Å². The lowest BCUT2D eigenvalue weighted by Gasteiger charge is -2.33. The van der Waals surface area contributed by atoms with Gasteiger partial charge in [-0.1, -0.05) is 67.1 Å². The van der Waals surface area contributed by atoms with Crippen molar-refractivity contribution in [2.45, 2.75) is 59.4 Å². The minimum atomic E-state index is -3.82. The number of sulfonamides is 1. The molecule has 40 heavy (non-hydrogen) atoms. The van der Waals surface area contributed by atoms with E-state index < -0.39 is 28.5 Å². The quantitative estimate of drug-likeness (QED) is 0.325. The summed E-state index contributed by atoms with van der Waals surface area (Å²) < 4.78 is 32.6. The van der Waals surface area contributed by atoms with E-state index in [1.54, 1.807) is 24.3 Å². The molecule has 0 aliphatic heterocycles. The largest absolute Gasteiger partial charge is 0.489 e. The SMILES string of the molecule is CC[C@@H](C(=O)NC(C)C)N(Cc1cccc(C)c1)C(=O)CN(c1ccc(OCc2ccccc2)cc1)S(C)(=O)=O. The molecule has 0 aromatic heterocycles. The summed E-state index contributed by atoms with van der Waals surface area (Å²) >= 11 is 0. The number of carbonyl (C=O) groups is 2. The fraction of sp³-hybridized carbons (Fsp3) is 0.355. The van der Waals surface area contributed by atoms with E-state index in [4.69, 9.17) is 4.74 Å². The van der Waals surface area contributed by atoms with Crippen molar-refractivity contribution in [2.24, 2.45) is 0 Å². The molecular weight excluding hydrogens is 526 g/mol. The van der Waals surface area contributed by atoms with E-state index in [1.165, 1.54) is 4.90 Å². The van der Waals surface area contributed by atoms with Crippen molar-refractivity contribution in [3.05, 3.63) is 95.6 Å². The standard InChI is InChI=1S/C31H39N3O5S/c1-6-29(31(36)32-23(2)3)33(20-26-14-10-11-24(4)19-26)30(35)21-34(40(5,37)38)27-15-17-28(18-16-27)39-22-25-12-8-7-9-13-25/h7-19,23,29H,6,20-22H2,1-5H3,(H,32,36)/t29-/m0/s1. The van der Waals surface area contributed by atoms with Crippen molar-refractivity contribution >= 4 is 27.5 Å². The van der Waals surface area contributed by atoms with Gasteiger partial charge in [0.15, 0.2) is 0 Å². The van der Waals surface area contributed by atoms with Crippen molar-refractivity contribution in [3.8, 4) is 5.75 Å². The van der Waals surface area contributed by atoms with E-state index in [9.17, 15) is 18.0 Å². The number of benzene rings is 3. The number of amides is 2. The summed E-state index contributed by atoms with van der Waals surface area (Å²) in [7, 11) is -3.82. The molecule has 2 amide bonds. The Kier molecular flexibility index (Phi) is 10.7. The Hall–Kier alpha value is -3.85. The van der Waals surface area contributed by atoms with Crippen LogP contribution in [0.3, 0.4) is 0 Å². The van der Waals surface area contributed by atoms with Gasteiger partial charge in [0.05, 0.1) is 11.9 Å². The number of rotatable bonds is 13. The molecule has 0 spiro atoms. The maximum absolute atomic E-state index is 13.8. The molecule has 3 aromatic rings. The van der Waals surface area contributed by atoms with E-state index in [-0.39, 0.29) is 18.5 Å². The predicted octanol–water partition coefficient (Wildman–Crippen LogP) is 4.67. The highest BCUT2D eigenvalue weighted by Crippen LogP contribution is 2.23. The summed E-state index contributed by atoms with van der Waals surface area (Å²) in [5, 5.41) is 2.89. The molecule has 0 unspecified atom stereocenters. The van der Waals surface area contributed by atoms with Crippen molar-refractivity contribution in [1.82, 2.24) is 10.2 Å². The molecule has 3 rings (SSSR count). The van der Waals surface area contributed by atoms with Crippen LogP contribution in [-0.4, -0.2) is 50.0 Å². The minimum Gasteiger partial charge on any atom is -0.489 e. The van der Waals surface area contributed by atoms with Crippen LogP contribution < -0.4 is 14.4 Å². The Bertz CT molecular complexity index is 1380. The van der Waals surface area contributed by atoms with Gasteiger partial charge in [-0.05, 0) is 62.6 Å². The maximum Gasteiger partial charge on any atom is 0.244 e. The van der Waals surface area contributed by atoms with Crippen LogP contribution in [0.15, 0.2) is 78.9 Å². The lowest BCUT2D eigenvalue weighted by Crippen LogP contribution is -2.53. The Morgan fingerprint density at radius 3 is 2.15 bits per heavy atom. The highest BCUT2D eigenvalue weighted by atomic mass is 32.2. The summed E-state index contributed by atoms with van der Waals surface area (Å²) in [5.41, 5.74) is 3.22. The molecule has 0 saturated carbocycles. The van der Waals surface area contributed by atoms with Gasteiger partial charge in [-0.25, -0.2) is 8.42 Å². The van der Waals surface area contributed by atoms with Gasteiger partial charge in [0.25, 0.3) is 0 Å². The molecule has 0 aliphatic carbocycles. The molecular formula is C31H39N3O5S. The molecule has 0 heterocycles. The fourth-order valence-corrected chi connectivity index (χ4v) is 5.22. The summed E-state index contributed by atoms with van der Waals surface area (Å²) in [6, 6.07) is 23.1. The van der Waals surface area contributed by atoms with Crippen LogP contribution in [0.5, 0.6) is 5.75 Å². The number of anilines is 1. The first kappa shape index (κ1) is 30.7. The van der Waals surface area contributed by atoms with Crippen LogP contribution in [0.4, 0.5) is 5.69 Å². The number of ether oxygens (including phenoxy) is 1. The Labute approximate surface area is 238 Å². The Balaban J connectivity index is 1.85. The van der Waals surface area contributed by atoms with Crippen molar-refractivity contribution in [2.75, 3.05) is 17.1 Å². The number of nitrogens with zero attached hydrogens (tertiary/aromatic N) is 2. The second-order valence-electron chi connectivity index (χ2n) is 10.1. The maximum atomic E-state index is 13.8. The average Bonchev–Trinajstić information content (AvgIpc) is 2.90. The van der Waals surface area contributed by atoms with Gasteiger partial charge in [-0.2, -0.15) is 0 Å². The lowest BCUT2D eigenvalue weighted by atomic mass is 10.1. The van der Waals surface area contributed by atoms with E-state index in [0.29, 0.717) is 24.5 Å². The number of nitrogens with one attached hydrogen (secondary N) is 1. The zero-order chi connectivity index (χ0) is 29.3. The number of hydrogen-bond acceptors (Lipinski definition) is 5. The first-order valence-corrected chi connectivity index (χ1v) is 15.2. The second kappa shape index (κ2) is 14.0. The molecule has 1 atom stereocenters. The minimum absolute atomic E-state index is 0.104. The number of aryl methyl sites for hydroxylation is 1. The third kappa shape index (κ3) is 8.84. The number of carbonyl (C=O) groups excluding carboxylic acids is 2. The van der Waals surface area contributed by atoms with Gasteiger partial charge in [0.2, 0.25) is 21.8 Å². The third-order valence-corrected chi connectivity index (χ3v) is 7.45. The molecule has 214 valence electrons. The predicted molar refractivity (Wildman–Crippen MR) is 158 cm³/mol. The molecule has 8 nitrogen and oxygen atoms in total. The smallest absolute Gasteiger partial charge is 0.244 e. The van der Waals surface area contributed by atoms with E-state index >= 15 is 0 Å². The highest BCUT2D eigenvalue weighted by molar-refractivity contribution is 7.92. The van der Waals surface area contributed by atoms with Crippen molar-refractivity contribution in [3.63, 3.8) is 0 Å². The van der Waals surface area contributed by atoms with Gasteiger partial charge >= 0.3 is 0 Å². The molecule has 0 radical (unpaired) electrons. The van der Waals surface area contributed by atoms with E-state index in [1.807, 2.05) is 82.3 Å². The average molecular weight is 566 g/mol. The zero-order valence-corrected chi connectivity index (χ0v) is 24.6. The van der Waals surface area contributed by atoms with Crippen molar-refractivity contribution in [1.29, 1.82) is 0 Å². The van der Waals surface area contributed by atoms with Crippen LogP contribution in [0, 0.1) is 6.92 Å². The van der Waals surface area contributed by atoms with Crippen LogP contribution in [0.2, 0.25) is 0 Å². The summed E-state index contributed by atoms with van der Waals surface area (Å²) in [5.74, 6) is -0.170. The van der Waals surface area contributed by atoms with Gasteiger partial charge < -0.3 is 15.0 Å². The monoisotopic (exact) mass is 565 g/mol. The Morgan fingerprint density at radius 2 is 1.57 bits per heavy atom. The first-order chi connectivity index (χ1) is 19.0. The normalized spacial score (nSPS) is 12.1. The molecule has 9 heteroatoms. The van der Waals surface area contributed by atoms with Gasteiger partial charge in [0.1, 0.15) is 24.9 Å². The highest BCUT2D eigenvalue weighted by Gasteiger charge is 2.32. The van der Waals surface area contributed by atoms with Gasteiger partial charge in [-0.3, -0.25) is 13.9 Å². The second-order valence-corrected chi connectivity index (χ2v) is 12.0. The summed E-state index contributed by atoms with van der Waals surface area (Å²) in [6.07, 6.45) is 1.44. The Morgan fingerprint density at radius 1 is 0.925 bits per heavy atom. The molecule has 0 aliphatic rings. The molecule has 1 N–H and O–H groups in total. The van der Waals surface area contributed by atoms with Crippen LogP contribution in [0.25, 0.3) is 0 Å². The van der Waals surface area contributed by atoms with Crippen molar-refractivity contribution < 1.29 is 22.7 Å². The molecule has 0 bridgehead atoms. The summed E-state index contributed by atoms with van der Waals surface area (Å²) in [4.78, 5) is 28.4. The number of hydrogen-bond donors (Lipinski definition) is 1. The molecule has 0 fully saturated rings. The van der Waals surface area contributed by atoms with Gasteiger partial charge in [-0.15, -0.1) is 0 Å². The lowest BCUT2D eigenvalue weighted by molar-refractivity contribution is -0.140. The van der Waals surface area contributed by atoms with Crippen LogP contribution in [0.1, 0.15) is 43.9 Å². The third-order valence-electron chi connectivity index (χ3n) is 6.30.